The van der Waals surface area contributed by atoms with E-state index in [1.807, 2.05) is 0 Å². The Labute approximate surface area is 52.8 Å². The van der Waals surface area contributed by atoms with Gasteiger partial charge in [0.1, 0.15) is 0 Å². The molecule has 1 radical (unpaired) electrons. The molecule has 0 N–H and O–H groups in total. The Morgan fingerprint density at radius 1 is 1.78 bits per heavy atom. The van der Waals surface area contributed by atoms with E-state index in [9.17, 15) is 10.1 Å². The second-order valence-corrected chi connectivity index (χ2v) is 1.80. The Hall–Kier alpha value is -1.12. The van der Waals surface area contributed by atoms with Gasteiger partial charge in [0, 0.05) is 17.4 Å². The molecule has 1 aliphatic rings. The van der Waals surface area contributed by atoms with Crippen molar-refractivity contribution in [3.05, 3.63) is 34.4 Å². The minimum Gasteiger partial charge on any atom is -0.264 e. The van der Waals surface area contributed by atoms with Crippen LogP contribution in [-0.2, 0) is 0 Å². The van der Waals surface area contributed by atoms with E-state index >= 15 is 0 Å². The minimum absolute atomic E-state index is 0.333. The molecule has 0 saturated heterocycles. The van der Waals surface area contributed by atoms with Crippen molar-refractivity contribution >= 4 is 0 Å². The van der Waals surface area contributed by atoms with Crippen LogP contribution in [0.4, 0.5) is 0 Å². The topological polar surface area (TPSA) is 43.1 Å². The molecule has 0 aromatic carbocycles. The predicted molar refractivity (Wildman–Crippen MR) is 32.4 cm³/mol. The van der Waals surface area contributed by atoms with Gasteiger partial charge in [-0.25, -0.2) is 0 Å². The van der Waals surface area contributed by atoms with E-state index in [1.165, 1.54) is 0 Å². The summed E-state index contributed by atoms with van der Waals surface area (Å²) in [6, 6.07) is -0.616. The van der Waals surface area contributed by atoms with Crippen LogP contribution >= 0.6 is 0 Å². The second kappa shape index (κ2) is 2.44. The van der Waals surface area contributed by atoms with Gasteiger partial charge in [-0.05, 0) is 0 Å². The molecule has 3 heteroatoms. The molecule has 0 amide bonds. The summed E-state index contributed by atoms with van der Waals surface area (Å²) >= 11 is 0. The first-order valence-corrected chi connectivity index (χ1v) is 2.68. The lowest BCUT2D eigenvalue weighted by Gasteiger charge is -2.01. The fourth-order valence-corrected chi connectivity index (χ4v) is 0.657. The third kappa shape index (κ3) is 1.38. The SMILES string of the molecule is O=[N+]([O-])C1[C]=CC=CC1. The lowest BCUT2D eigenvalue weighted by Crippen LogP contribution is -2.16. The highest BCUT2D eigenvalue weighted by atomic mass is 16.6. The molecule has 0 bridgehead atoms. The maximum Gasteiger partial charge on any atom is 0.242 e. The monoisotopic (exact) mass is 124 g/mol. The van der Waals surface area contributed by atoms with Crippen LogP contribution in [0.3, 0.4) is 0 Å². The molecule has 0 saturated carbocycles. The van der Waals surface area contributed by atoms with Crippen LogP contribution in [0.5, 0.6) is 0 Å². The third-order valence-electron chi connectivity index (χ3n) is 1.13. The smallest absolute Gasteiger partial charge is 0.242 e. The molecular weight excluding hydrogens is 118 g/mol. The van der Waals surface area contributed by atoms with Crippen LogP contribution in [0.25, 0.3) is 0 Å². The molecule has 0 aliphatic heterocycles. The van der Waals surface area contributed by atoms with Crippen molar-refractivity contribution in [3.8, 4) is 0 Å². The van der Waals surface area contributed by atoms with Gasteiger partial charge in [-0.15, -0.1) is 0 Å². The molecule has 47 valence electrons. The van der Waals surface area contributed by atoms with Crippen molar-refractivity contribution < 1.29 is 4.92 Å². The van der Waals surface area contributed by atoms with E-state index in [2.05, 4.69) is 6.08 Å². The summed E-state index contributed by atoms with van der Waals surface area (Å²) in [6.45, 7) is 0. The van der Waals surface area contributed by atoms with Gasteiger partial charge in [0.15, 0.2) is 0 Å². The molecule has 0 heterocycles. The van der Waals surface area contributed by atoms with Gasteiger partial charge in [-0.2, -0.15) is 0 Å². The van der Waals surface area contributed by atoms with Crippen molar-refractivity contribution in [3.63, 3.8) is 0 Å². The number of hydrogen-bond acceptors (Lipinski definition) is 2. The lowest BCUT2D eigenvalue weighted by atomic mass is 10.1. The number of hydrogen-bond donors (Lipinski definition) is 0. The quantitative estimate of drug-likeness (QED) is 0.386. The molecule has 1 atom stereocenters. The molecule has 1 rings (SSSR count). The highest BCUT2D eigenvalue weighted by Crippen LogP contribution is 2.04. The molecule has 3 nitrogen and oxygen atoms in total. The van der Waals surface area contributed by atoms with Crippen LogP contribution < -0.4 is 0 Å². The van der Waals surface area contributed by atoms with Gasteiger partial charge in [0.25, 0.3) is 0 Å². The third-order valence-corrected chi connectivity index (χ3v) is 1.13. The average Bonchev–Trinajstić information content (AvgIpc) is 1.90. The summed E-state index contributed by atoms with van der Waals surface area (Å²) in [5.41, 5.74) is 0. The van der Waals surface area contributed by atoms with Crippen molar-refractivity contribution in [1.29, 1.82) is 0 Å². The van der Waals surface area contributed by atoms with E-state index in [4.69, 9.17) is 0 Å². The zero-order valence-electron chi connectivity index (χ0n) is 4.78. The number of rotatable bonds is 1. The molecule has 0 aromatic heterocycles. The van der Waals surface area contributed by atoms with Crippen molar-refractivity contribution in [2.45, 2.75) is 12.5 Å². The molecule has 9 heavy (non-hydrogen) atoms. The maximum absolute atomic E-state index is 10.0. The summed E-state index contributed by atoms with van der Waals surface area (Å²) in [4.78, 5) is 9.71. The molecule has 0 fully saturated rings. The summed E-state index contributed by atoms with van der Waals surface area (Å²) in [5, 5.41) is 10.0. The minimum atomic E-state index is -0.616. The Kier molecular flexibility index (Phi) is 1.63. The summed E-state index contributed by atoms with van der Waals surface area (Å²) in [5.74, 6) is 0. The summed E-state index contributed by atoms with van der Waals surface area (Å²) in [7, 11) is 0. The fraction of sp³-hybridized carbons (Fsp3) is 0.333. The van der Waals surface area contributed by atoms with Gasteiger partial charge in [-0.1, -0.05) is 18.2 Å². The Bertz CT molecular complexity index is 172. The largest absolute Gasteiger partial charge is 0.264 e. The molecule has 1 aliphatic carbocycles. The fourth-order valence-electron chi connectivity index (χ4n) is 0.657. The lowest BCUT2D eigenvalue weighted by molar-refractivity contribution is -0.510. The van der Waals surface area contributed by atoms with Crippen molar-refractivity contribution in [1.82, 2.24) is 0 Å². The zero-order valence-corrected chi connectivity index (χ0v) is 4.78. The van der Waals surface area contributed by atoms with Crippen molar-refractivity contribution in [2.24, 2.45) is 0 Å². The standard InChI is InChI=1S/C6H6NO2/c8-7(9)6-4-2-1-3-5-6/h1-3,6H,4H2. The van der Waals surface area contributed by atoms with Crippen LogP contribution in [-0.4, -0.2) is 11.0 Å². The first-order valence-electron chi connectivity index (χ1n) is 2.68. The van der Waals surface area contributed by atoms with E-state index < -0.39 is 6.04 Å². The van der Waals surface area contributed by atoms with Crippen LogP contribution in [0.1, 0.15) is 6.42 Å². The summed E-state index contributed by atoms with van der Waals surface area (Å²) in [6.07, 6.45) is 8.20. The van der Waals surface area contributed by atoms with Crippen LogP contribution in [0, 0.1) is 16.2 Å². The molecule has 1 unspecified atom stereocenters. The maximum atomic E-state index is 10.0. The van der Waals surface area contributed by atoms with Crippen LogP contribution in [0.15, 0.2) is 18.2 Å². The first kappa shape index (κ1) is 6.01. The van der Waals surface area contributed by atoms with Gasteiger partial charge in [0.2, 0.25) is 6.04 Å². The Balaban J connectivity index is 2.56. The van der Waals surface area contributed by atoms with Gasteiger partial charge in [0.05, 0.1) is 0 Å². The first-order chi connectivity index (χ1) is 4.30. The molecule has 0 spiro atoms. The summed E-state index contributed by atoms with van der Waals surface area (Å²) < 4.78 is 0. The molecular formula is C6H6NO2. The highest BCUT2D eigenvalue weighted by molar-refractivity contribution is 5.07. The van der Waals surface area contributed by atoms with Crippen molar-refractivity contribution in [2.75, 3.05) is 0 Å². The van der Waals surface area contributed by atoms with E-state index in [0.29, 0.717) is 6.42 Å². The second-order valence-electron chi connectivity index (χ2n) is 1.80. The molecule has 0 aromatic rings. The normalized spacial score (nSPS) is 24.2. The van der Waals surface area contributed by atoms with E-state index in [1.54, 1.807) is 18.2 Å². The Morgan fingerprint density at radius 3 is 2.89 bits per heavy atom. The number of nitrogens with zero attached hydrogens (tertiary/aromatic N) is 1. The highest BCUT2D eigenvalue weighted by Gasteiger charge is 2.15. The number of allylic oxidation sites excluding steroid dienone is 2. The van der Waals surface area contributed by atoms with E-state index in [0.717, 1.165) is 0 Å². The Morgan fingerprint density at radius 2 is 2.56 bits per heavy atom. The predicted octanol–water partition coefficient (Wildman–Crippen LogP) is 0.951. The average molecular weight is 124 g/mol. The van der Waals surface area contributed by atoms with Crippen LogP contribution in [0.2, 0.25) is 0 Å². The number of nitro groups is 1. The van der Waals surface area contributed by atoms with Gasteiger partial charge < -0.3 is 0 Å². The van der Waals surface area contributed by atoms with Gasteiger partial charge in [-0.3, -0.25) is 10.1 Å². The van der Waals surface area contributed by atoms with Gasteiger partial charge >= 0.3 is 0 Å². The van der Waals surface area contributed by atoms with E-state index in [-0.39, 0.29) is 4.92 Å². The zero-order chi connectivity index (χ0) is 6.69.